The normalized spacial score (nSPS) is 18.5. The second-order valence-corrected chi connectivity index (χ2v) is 5.13. The highest BCUT2D eigenvalue weighted by atomic mass is 19.1. The third-order valence-corrected chi connectivity index (χ3v) is 3.51. The molecule has 19 heavy (non-hydrogen) atoms. The molecule has 104 valence electrons. The van der Waals surface area contributed by atoms with Crippen LogP contribution in [0, 0.1) is 5.82 Å². The molecule has 0 saturated heterocycles. The van der Waals surface area contributed by atoms with Crippen molar-refractivity contribution in [2.45, 2.75) is 37.4 Å². The van der Waals surface area contributed by atoms with Crippen LogP contribution in [0.1, 0.15) is 37.4 Å². The highest BCUT2D eigenvalue weighted by Gasteiger charge is 2.34. The van der Waals surface area contributed by atoms with Crippen molar-refractivity contribution in [3.63, 3.8) is 0 Å². The molecule has 0 aromatic heterocycles. The van der Waals surface area contributed by atoms with E-state index in [0.29, 0.717) is 18.4 Å². The smallest absolute Gasteiger partial charge is 0.223 e. The molecule has 1 aromatic carbocycles. The van der Waals surface area contributed by atoms with Gasteiger partial charge >= 0.3 is 0 Å². The van der Waals surface area contributed by atoms with Crippen LogP contribution in [-0.4, -0.2) is 28.3 Å². The SMILES string of the molecule is O=C(CC(O)c1cccc(F)c1)NCC1(O)CCC1. The summed E-state index contributed by atoms with van der Waals surface area (Å²) >= 11 is 0. The van der Waals surface area contributed by atoms with Gasteiger partial charge < -0.3 is 15.5 Å². The topological polar surface area (TPSA) is 69.6 Å². The largest absolute Gasteiger partial charge is 0.388 e. The van der Waals surface area contributed by atoms with E-state index in [1.165, 1.54) is 18.2 Å². The number of amides is 1. The Morgan fingerprint density at radius 2 is 2.21 bits per heavy atom. The lowest BCUT2D eigenvalue weighted by molar-refractivity contribution is -0.125. The Kier molecular flexibility index (Phi) is 4.17. The van der Waals surface area contributed by atoms with Crippen molar-refractivity contribution in [1.82, 2.24) is 5.32 Å². The third-order valence-electron chi connectivity index (χ3n) is 3.51. The molecule has 1 atom stereocenters. The van der Waals surface area contributed by atoms with Crippen LogP contribution in [0.5, 0.6) is 0 Å². The number of rotatable bonds is 5. The van der Waals surface area contributed by atoms with E-state index in [0.717, 1.165) is 6.42 Å². The van der Waals surface area contributed by atoms with Crippen LogP contribution in [0.2, 0.25) is 0 Å². The van der Waals surface area contributed by atoms with Crippen LogP contribution >= 0.6 is 0 Å². The molecule has 1 fully saturated rings. The molecule has 1 unspecified atom stereocenters. The fourth-order valence-electron chi connectivity index (χ4n) is 2.10. The molecule has 0 spiro atoms. The first-order chi connectivity index (χ1) is 8.98. The molecule has 1 amide bonds. The molecular formula is C14H18FNO3. The summed E-state index contributed by atoms with van der Waals surface area (Å²) in [4.78, 5) is 11.6. The Morgan fingerprint density at radius 1 is 1.47 bits per heavy atom. The fourth-order valence-corrected chi connectivity index (χ4v) is 2.10. The molecule has 1 aliphatic carbocycles. The Balaban J connectivity index is 1.81. The van der Waals surface area contributed by atoms with Gasteiger partial charge in [-0.05, 0) is 37.0 Å². The fraction of sp³-hybridized carbons (Fsp3) is 0.500. The number of carbonyl (C=O) groups excluding carboxylic acids is 1. The van der Waals surface area contributed by atoms with Crippen molar-refractivity contribution >= 4 is 5.91 Å². The molecule has 4 nitrogen and oxygen atoms in total. The van der Waals surface area contributed by atoms with E-state index >= 15 is 0 Å². The minimum atomic E-state index is -1.04. The van der Waals surface area contributed by atoms with E-state index < -0.39 is 17.5 Å². The van der Waals surface area contributed by atoms with E-state index in [2.05, 4.69) is 5.32 Å². The number of hydrogen-bond acceptors (Lipinski definition) is 3. The summed E-state index contributed by atoms with van der Waals surface area (Å²) in [7, 11) is 0. The van der Waals surface area contributed by atoms with Gasteiger partial charge in [-0.3, -0.25) is 4.79 Å². The Labute approximate surface area is 111 Å². The summed E-state index contributed by atoms with van der Waals surface area (Å²) in [5.41, 5.74) is -0.406. The first-order valence-corrected chi connectivity index (χ1v) is 6.41. The first kappa shape index (κ1) is 14.0. The van der Waals surface area contributed by atoms with Gasteiger partial charge in [-0.25, -0.2) is 4.39 Å². The average molecular weight is 267 g/mol. The van der Waals surface area contributed by atoms with Gasteiger partial charge in [0.1, 0.15) is 5.82 Å². The van der Waals surface area contributed by atoms with Crippen LogP contribution in [-0.2, 0) is 4.79 Å². The predicted octanol–water partition coefficient (Wildman–Crippen LogP) is 1.28. The lowest BCUT2D eigenvalue weighted by Crippen LogP contribution is -2.47. The minimum absolute atomic E-state index is 0.139. The highest BCUT2D eigenvalue weighted by molar-refractivity contribution is 5.76. The zero-order valence-corrected chi connectivity index (χ0v) is 10.6. The predicted molar refractivity (Wildman–Crippen MR) is 67.8 cm³/mol. The minimum Gasteiger partial charge on any atom is -0.388 e. The van der Waals surface area contributed by atoms with Crippen LogP contribution in [0.4, 0.5) is 4.39 Å². The summed E-state index contributed by atoms with van der Waals surface area (Å²) in [5, 5.41) is 22.2. The van der Waals surface area contributed by atoms with E-state index in [-0.39, 0.29) is 18.9 Å². The number of carbonyl (C=O) groups is 1. The number of benzene rings is 1. The van der Waals surface area contributed by atoms with Crippen LogP contribution in [0.15, 0.2) is 24.3 Å². The quantitative estimate of drug-likeness (QED) is 0.752. The van der Waals surface area contributed by atoms with Gasteiger partial charge in [0, 0.05) is 6.54 Å². The molecular weight excluding hydrogens is 249 g/mol. The van der Waals surface area contributed by atoms with E-state index in [9.17, 15) is 19.4 Å². The van der Waals surface area contributed by atoms with Crippen molar-refractivity contribution in [2.75, 3.05) is 6.54 Å². The van der Waals surface area contributed by atoms with E-state index in [1.807, 2.05) is 0 Å². The number of aliphatic hydroxyl groups excluding tert-OH is 1. The number of aliphatic hydroxyl groups is 2. The third kappa shape index (κ3) is 3.75. The second-order valence-electron chi connectivity index (χ2n) is 5.13. The molecule has 5 heteroatoms. The van der Waals surface area contributed by atoms with Crippen molar-refractivity contribution in [3.8, 4) is 0 Å². The summed E-state index contributed by atoms with van der Waals surface area (Å²) in [6, 6.07) is 5.54. The maximum Gasteiger partial charge on any atom is 0.223 e. The molecule has 3 N–H and O–H groups in total. The molecule has 0 radical (unpaired) electrons. The first-order valence-electron chi connectivity index (χ1n) is 6.41. The second kappa shape index (κ2) is 5.67. The van der Waals surface area contributed by atoms with Crippen LogP contribution < -0.4 is 5.32 Å². The average Bonchev–Trinajstić information content (AvgIpc) is 2.34. The Bertz CT molecular complexity index is 460. The molecule has 2 rings (SSSR count). The number of hydrogen-bond donors (Lipinski definition) is 3. The van der Waals surface area contributed by atoms with Gasteiger partial charge in [-0.2, -0.15) is 0 Å². The van der Waals surface area contributed by atoms with E-state index in [1.54, 1.807) is 6.07 Å². The maximum absolute atomic E-state index is 13.0. The number of halogens is 1. The lowest BCUT2D eigenvalue weighted by atomic mass is 9.80. The molecule has 1 aromatic rings. The Morgan fingerprint density at radius 3 is 2.79 bits per heavy atom. The van der Waals surface area contributed by atoms with Crippen LogP contribution in [0.3, 0.4) is 0 Å². The maximum atomic E-state index is 13.0. The zero-order chi connectivity index (χ0) is 13.9. The van der Waals surface area contributed by atoms with Gasteiger partial charge in [0.05, 0.1) is 18.1 Å². The van der Waals surface area contributed by atoms with Gasteiger partial charge in [-0.15, -0.1) is 0 Å². The van der Waals surface area contributed by atoms with Crippen molar-refractivity contribution in [2.24, 2.45) is 0 Å². The standard InChI is InChI=1S/C14H18FNO3/c15-11-4-1-3-10(7-11)12(17)8-13(18)16-9-14(19)5-2-6-14/h1,3-4,7,12,17,19H,2,5-6,8-9H2,(H,16,18). The molecule has 0 heterocycles. The van der Waals surface area contributed by atoms with Crippen molar-refractivity contribution < 1.29 is 19.4 Å². The summed E-state index contributed by atoms with van der Waals surface area (Å²) in [6.45, 7) is 0.210. The highest BCUT2D eigenvalue weighted by Crippen LogP contribution is 2.30. The molecule has 1 aliphatic rings. The van der Waals surface area contributed by atoms with Gasteiger partial charge in [0.15, 0.2) is 0 Å². The summed E-state index contributed by atoms with van der Waals surface area (Å²) in [5.74, 6) is -0.794. The van der Waals surface area contributed by atoms with E-state index in [4.69, 9.17) is 0 Å². The lowest BCUT2D eigenvalue weighted by Gasteiger charge is -2.36. The molecule has 1 saturated carbocycles. The number of nitrogens with one attached hydrogen (secondary N) is 1. The summed E-state index contributed by atoms with van der Waals surface area (Å²) in [6.07, 6.45) is 1.18. The van der Waals surface area contributed by atoms with Crippen molar-refractivity contribution in [1.29, 1.82) is 0 Å². The van der Waals surface area contributed by atoms with Gasteiger partial charge in [-0.1, -0.05) is 12.1 Å². The van der Waals surface area contributed by atoms with Crippen molar-refractivity contribution in [3.05, 3.63) is 35.6 Å². The van der Waals surface area contributed by atoms with Crippen LogP contribution in [0.25, 0.3) is 0 Å². The Hall–Kier alpha value is -1.46. The molecule has 0 aliphatic heterocycles. The summed E-state index contributed by atoms with van der Waals surface area (Å²) < 4.78 is 13.0. The molecule has 0 bridgehead atoms. The monoisotopic (exact) mass is 267 g/mol. The zero-order valence-electron chi connectivity index (χ0n) is 10.6. The van der Waals surface area contributed by atoms with Gasteiger partial charge in [0.25, 0.3) is 0 Å². The van der Waals surface area contributed by atoms with Gasteiger partial charge in [0.2, 0.25) is 5.91 Å².